The Bertz CT molecular complexity index is 514. The standard InChI is InChI=1S/C17H22O4/c1-5-12(2)11-20-17(19)13(3)10-15-6-8-16(9-7-15)21-14(4)18/h6-10,12H,5,11H2,1-4H3. The van der Waals surface area contributed by atoms with Gasteiger partial charge < -0.3 is 9.47 Å². The van der Waals surface area contributed by atoms with Gasteiger partial charge in [0.2, 0.25) is 0 Å². The normalized spacial score (nSPS) is 12.7. The lowest BCUT2D eigenvalue weighted by molar-refractivity contribution is -0.140. The molecule has 0 N–H and O–H groups in total. The Hall–Kier alpha value is -2.10. The van der Waals surface area contributed by atoms with Crippen LogP contribution in [0.25, 0.3) is 6.08 Å². The van der Waals surface area contributed by atoms with Gasteiger partial charge in [-0.15, -0.1) is 0 Å². The van der Waals surface area contributed by atoms with E-state index in [0.29, 0.717) is 23.8 Å². The molecule has 0 heterocycles. The largest absolute Gasteiger partial charge is 0.462 e. The molecule has 0 bridgehead atoms. The number of carbonyl (C=O) groups is 2. The molecule has 0 aliphatic rings. The van der Waals surface area contributed by atoms with E-state index in [1.165, 1.54) is 6.92 Å². The van der Waals surface area contributed by atoms with Gasteiger partial charge in [-0.05, 0) is 36.6 Å². The maximum absolute atomic E-state index is 11.8. The molecule has 0 saturated carbocycles. The lowest BCUT2D eigenvalue weighted by Crippen LogP contribution is -2.12. The molecule has 114 valence electrons. The fourth-order valence-electron chi connectivity index (χ4n) is 1.56. The molecule has 4 heteroatoms. The summed E-state index contributed by atoms with van der Waals surface area (Å²) in [6.45, 7) is 7.61. The summed E-state index contributed by atoms with van der Waals surface area (Å²) in [7, 11) is 0. The molecule has 0 aromatic heterocycles. The zero-order chi connectivity index (χ0) is 15.8. The number of esters is 2. The predicted octanol–water partition coefficient (Wildman–Crippen LogP) is 3.60. The van der Waals surface area contributed by atoms with Crippen molar-refractivity contribution in [1.29, 1.82) is 0 Å². The Labute approximate surface area is 125 Å². The Kier molecular flexibility index (Phi) is 6.66. The first-order valence-corrected chi connectivity index (χ1v) is 7.06. The molecule has 0 aliphatic carbocycles. The summed E-state index contributed by atoms with van der Waals surface area (Å²) in [6, 6.07) is 6.93. The van der Waals surface area contributed by atoms with E-state index in [2.05, 4.69) is 6.92 Å². The van der Waals surface area contributed by atoms with Gasteiger partial charge in [0.15, 0.2) is 0 Å². The van der Waals surface area contributed by atoms with Crippen LogP contribution in [0, 0.1) is 5.92 Å². The van der Waals surface area contributed by atoms with Crippen LogP contribution >= 0.6 is 0 Å². The summed E-state index contributed by atoms with van der Waals surface area (Å²) in [5, 5.41) is 0. The van der Waals surface area contributed by atoms with Crippen LogP contribution in [0.3, 0.4) is 0 Å². The summed E-state index contributed by atoms with van der Waals surface area (Å²) in [5.41, 5.74) is 1.39. The molecule has 1 unspecified atom stereocenters. The van der Waals surface area contributed by atoms with Crippen molar-refractivity contribution in [2.75, 3.05) is 6.61 Å². The third-order valence-corrected chi connectivity index (χ3v) is 3.04. The molecule has 21 heavy (non-hydrogen) atoms. The van der Waals surface area contributed by atoms with Gasteiger partial charge in [0.05, 0.1) is 6.61 Å². The quantitative estimate of drug-likeness (QED) is 0.456. The van der Waals surface area contributed by atoms with Gasteiger partial charge in [-0.3, -0.25) is 4.79 Å². The van der Waals surface area contributed by atoms with Crippen LogP contribution in [-0.4, -0.2) is 18.5 Å². The van der Waals surface area contributed by atoms with Crippen LogP contribution in [0.1, 0.15) is 39.7 Å². The number of carbonyl (C=O) groups excluding carboxylic acids is 2. The van der Waals surface area contributed by atoms with E-state index in [1.807, 2.05) is 6.92 Å². The van der Waals surface area contributed by atoms with Crippen LogP contribution in [0.2, 0.25) is 0 Å². The highest BCUT2D eigenvalue weighted by molar-refractivity contribution is 5.93. The highest BCUT2D eigenvalue weighted by atomic mass is 16.5. The van der Waals surface area contributed by atoms with E-state index < -0.39 is 0 Å². The van der Waals surface area contributed by atoms with E-state index in [9.17, 15) is 9.59 Å². The zero-order valence-electron chi connectivity index (χ0n) is 13.0. The maximum Gasteiger partial charge on any atom is 0.333 e. The summed E-state index contributed by atoms with van der Waals surface area (Å²) in [4.78, 5) is 22.6. The SMILES string of the molecule is CCC(C)COC(=O)C(C)=Cc1ccc(OC(C)=O)cc1. The van der Waals surface area contributed by atoms with Crippen LogP contribution in [0.5, 0.6) is 5.75 Å². The molecule has 1 aromatic rings. The number of hydrogen-bond donors (Lipinski definition) is 0. The van der Waals surface area contributed by atoms with Crippen molar-refractivity contribution in [3.8, 4) is 5.75 Å². The van der Waals surface area contributed by atoms with Crippen molar-refractivity contribution in [3.63, 3.8) is 0 Å². The van der Waals surface area contributed by atoms with Gasteiger partial charge >= 0.3 is 11.9 Å². The zero-order valence-corrected chi connectivity index (χ0v) is 13.0. The first-order chi connectivity index (χ1) is 9.92. The molecule has 0 saturated heterocycles. The summed E-state index contributed by atoms with van der Waals surface area (Å²) < 4.78 is 10.2. The monoisotopic (exact) mass is 290 g/mol. The Morgan fingerprint density at radius 1 is 1.19 bits per heavy atom. The van der Waals surface area contributed by atoms with Crippen LogP contribution < -0.4 is 4.74 Å². The van der Waals surface area contributed by atoms with Gasteiger partial charge in [0.1, 0.15) is 5.75 Å². The lowest BCUT2D eigenvalue weighted by atomic mass is 10.1. The molecule has 1 atom stereocenters. The second kappa shape index (κ2) is 8.25. The average molecular weight is 290 g/mol. The molecule has 0 amide bonds. The minimum Gasteiger partial charge on any atom is -0.462 e. The van der Waals surface area contributed by atoms with E-state index >= 15 is 0 Å². The highest BCUT2D eigenvalue weighted by Crippen LogP contribution is 2.15. The van der Waals surface area contributed by atoms with Crippen molar-refractivity contribution >= 4 is 18.0 Å². The van der Waals surface area contributed by atoms with E-state index in [0.717, 1.165) is 12.0 Å². The predicted molar refractivity (Wildman–Crippen MR) is 81.8 cm³/mol. The minimum atomic E-state index is -0.358. The molecule has 0 aliphatic heterocycles. The Morgan fingerprint density at radius 3 is 2.33 bits per heavy atom. The molecule has 0 radical (unpaired) electrons. The van der Waals surface area contributed by atoms with Crippen molar-refractivity contribution in [1.82, 2.24) is 0 Å². The summed E-state index contributed by atoms with van der Waals surface area (Å²) in [6.07, 6.45) is 2.73. The van der Waals surface area contributed by atoms with Crippen molar-refractivity contribution in [3.05, 3.63) is 35.4 Å². The molecular weight excluding hydrogens is 268 g/mol. The van der Waals surface area contributed by atoms with E-state index in [4.69, 9.17) is 9.47 Å². The fraction of sp³-hybridized carbons (Fsp3) is 0.412. The highest BCUT2D eigenvalue weighted by Gasteiger charge is 2.08. The summed E-state index contributed by atoms with van der Waals surface area (Å²) in [5.74, 6) is 0.184. The lowest BCUT2D eigenvalue weighted by Gasteiger charge is -2.09. The average Bonchev–Trinajstić information content (AvgIpc) is 2.45. The Morgan fingerprint density at radius 2 is 1.81 bits per heavy atom. The molecular formula is C17H22O4. The van der Waals surface area contributed by atoms with Gasteiger partial charge in [-0.25, -0.2) is 4.79 Å². The Balaban J connectivity index is 2.64. The third kappa shape index (κ3) is 6.25. The molecule has 1 aromatic carbocycles. The fourth-order valence-corrected chi connectivity index (χ4v) is 1.56. The first-order valence-electron chi connectivity index (χ1n) is 7.06. The third-order valence-electron chi connectivity index (χ3n) is 3.04. The minimum absolute atomic E-state index is 0.306. The van der Waals surface area contributed by atoms with E-state index in [1.54, 1.807) is 37.3 Å². The topological polar surface area (TPSA) is 52.6 Å². The van der Waals surface area contributed by atoms with Gasteiger partial charge in [-0.1, -0.05) is 32.4 Å². The van der Waals surface area contributed by atoms with E-state index in [-0.39, 0.29) is 11.9 Å². The molecule has 0 spiro atoms. The first kappa shape index (κ1) is 17.0. The van der Waals surface area contributed by atoms with Crippen molar-refractivity contribution in [2.45, 2.75) is 34.1 Å². The van der Waals surface area contributed by atoms with Crippen molar-refractivity contribution in [2.24, 2.45) is 5.92 Å². The van der Waals surface area contributed by atoms with Gasteiger partial charge in [0, 0.05) is 12.5 Å². The maximum atomic E-state index is 11.8. The molecule has 1 rings (SSSR count). The van der Waals surface area contributed by atoms with Crippen LogP contribution in [0.4, 0.5) is 0 Å². The molecule has 4 nitrogen and oxygen atoms in total. The van der Waals surface area contributed by atoms with Crippen molar-refractivity contribution < 1.29 is 19.1 Å². The number of ether oxygens (including phenoxy) is 2. The molecule has 0 fully saturated rings. The number of benzene rings is 1. The second-order valence-corrected chi connectivity index (χ2v) is 5.10. The second-order valence-electron chi connectivity index (χ2n) is 5.10. The van der Waals surface area contributed by atoms with Crippen LogP contribution in [-0.2, 0) is 14.3 Å². The smallest absolute Gasteiger partial charge is 0.333 e. The summed E-state index contributed by atoms with van der Waals surface area (Å²) >= 11 is 0. The number of hydrogen-bond acceptors (Lipinski definition) is 4. The van der Waals surface area contributed by atoms with Gasteiger partial charge in [-0.2, -0.15) is 0 Å². The van der Waals surface area contributed by atoms with Gasteiger partial charge in [0.25, 0.3) is 0 Å². The van der Waals surface area contributed by atoms with Crippen LogP contribution in [0.15, 0.2) is 29.8 Å². The number of rotatable bonds is 6.